The van der Waals surface area contributed by atoms with Gasteiger partial charge in [0.2, 0.25) is 0 Å². The van der Waals surface area contributed by atoms with Gasteiger partial charge in [0.15, 0.2) is 0 Å². The van der Waals surface area contributed by atoms with Gasteiger partial charge in [-0.3, -0.25) is 9.69 Å². The Morgan fingerprint density at radius 3 is 2.20 bits per heavy atom. The first kappa shape index (κ1) is 14.7. The van der Waals surface area contributed by atoms with Crippen LogP contribution in [0, 0.1) is 0 Å². The molecule has 1 atom stereocenters. The lowest BCUT2D eigenvalue weighted by Crippen LogP contribution is -2.51. The molecule has 0 bridgehead atoms. The van der Waals surface area contributed by atoms with Gasteiger partial charge >= 0.3 is 0 Å². The van der Waals surface area contributed by atoms with Crippen LogP contribution >= 0.6 is 0 Å². The summed E-state index contributed by atoms with van der Waals surface area (Å²) in [7, 11) is 0. The highest BCUT2D eigenvalue weighted by molar-refractivity contribution is 5.95. The van der Waals surface area contributed by atoms with E-state index in [1.165, 1.54) is 18.2 Å². The highest BCUT2D eigenvalue weighted by Crippen LogP contribution is 2.22. The topological polar surface area (TPSA) is 64.0 Å². The minimum Gasteiger partial charge on any atom is -0.508 e. The molecule has 0 radical (unpaired) electrons. The number of benzene rings is 1. The molecule has 110 valence electrons. The van der Waals surface area contributed by atoms with Crippen LogP contribution in [0.2, 0.25) is 0 Å². The number of rotatable bonds is 3. The fourth-order valence-corrected chi connectivity index (χ4v) is 2.53. The Morgan fingerprint density at radius 1 is 1.15 bits per heavy atom. The highest BCUT2D eigenvalue weighted by Gasteiger charge is 2.24. The first-order valence-corrected chi connectivity index (χ1v) is 7.07. The third-order valence-corrected chi connectivity index (χ3v) is 3.97. The van der Waals surface area contributed by atoms with Gasteiger partial charge in [0.25, 0.3) is 5.91 Å². The molecule has 1 aromatic carbocycles. The molecule has 1 saturated heterocycles. The van der Waals surface area contributed by atoms with E-state index < -0.39 is 0 Å². The summed E-state index contributed by atoms with van der Waals surface area (Å²) >= 11 is 0. The van der Waals surface area contributed by atoms with E-state index in [-0.39, 0.29) is 17.4 Å². The van der Waals surface area contributed by atoms with Gasteiger partial charge in [-0.05, 0) is 25.5 Å². The molecule has 0 aliphatic carbocycles. The van der Waals surface area contributed by atoms with Gasteiger partial charge in [-0.25, -0.2) is 0 Å². The Kier molecular flexibility index (Phi) is 4.49. The molecule has 5 nitrogen and oxygen atoms in total. The Morgan fingerprint density at radius 2 is 1.70 bits per heavy atom. The van der Waals surface area contributed by atoms with E-state index in [0.717, 1.165) is 19.5 Å². The second kappa shape index (κ2) is 6.13. The summed E-state index contributed by atoms with van der Waals surface area (Å²) in [5, 5.41) is 18.9. The Hall–Kier alpha value is -1.75. The molecule has 1 aliphatic rings. The van der Waals surface area contributed by atoms with Crippen LogP contribution in [-0.2, 0) is 0 Å². The summed E-state index contributed by atoms with van der Waals surface area (Å²) in [6.07, 6.45) is 1.11. The Labute approximate surface area is 119 Å². The maximum Gasteiger partial charge on any atom is 0.254 e. The molecule has 0 saturated carbocycles. The number of phenols is 2. The van der Waals surface area contributed by atoms with Gasteiger partial charge in [-0.1, -0.05) is 6.92 Å². The zero-order chi connectivity index (χ0) is 14.7. The second-order valence-electron chi connectivity index (χ2n) is 5.32. The third kappa shape index (κ3) is 3.22. The zero-order valence-electron chi connectivity index (χ0n) is 12.0. The highest BCUT2D eigenvalue weighted by atomic mass is 16.3. The van der Waals surface area contributed by atoms with E-state index in [1.54, 1.807) is 4.90 Å². The predicted molar refractivity (Wildman–Crippen MR) is 77.0 cm³/mol. The van der Waals surface area contributed by atoms with E-state index >= 15 is 0 Å². The molecular weight excluding hydrogens is 256 g/mol. The van der Waals surface area contributed by atoms with Crippen molar-refractivity contribution in [1.29, 1.82) is 0 Å². The molecule has 2 N–H and O–H groups in total. The number of phenolic OH excluding ortho intramolecular Hbond substituents is 2. The van der Waals surface area contributed by atoms with Gasteiger partial charge < -0.3 is 15.1 Å². The lowest BCUT2D eigenvalue weighted by molar-refractivity contribution is 0.0579. The van der Waals surface area contributed by atoms with Crippen molar-refractivity contribution in [2.24, 2.45) is 0 Å². The number of hydrogen-bond donors (Lipinski definition) is 2. The van der Waals surface area contributed by atoms with Gasteiger partial charge in [0, 0.05) is 43.9 Å². The van der Waals surface area contributed by atoms with Crippen molar-refractivity contribution in [1.82, 2.24) is 9.80 Å². The van der Waals surface area contributed by atoms with Gasteiger partial charge in [-0.15, -0.1) is 0 Å². The number of aromatic hydroxyl groups is 2. The van der Waals surface area contributed by atoms with Crippen LogP contribution in [0.4, 0.5) is 0 Å². The van der Waals surface area contributed by atoms with Crippen LogP contribution in [0.3, 0.4) is 0 Å². The lowest BCUT2D eigenvalue weighted by Gasteiger charge is -2.37. The summed E-state index contributed by atoms with van der Waals surface area (Å²) < 4.78 is 0. The third-order valence-electron chi connectivity index (χ3n) is 3.97. The SMILES string of the molecule is CCC(C)N1CCN(C(=O)c2cc(O)cc(O)c2)CC1. The van der Waals surface area contributed by atoms with E-state index in [2.05, 4.69) is 18.7 Å². The first-order chi connectivity index (χ1) is 9.51. The number of amides is 1. The molecule has 1 amide bonds. The summed E-state index contributed by atoms with van der Waals surface area (Å²) in [5.41, 5.74) is 0.333. The zero-order valence-corrected chi connectivity index (χ0v) is 12.0. The van der Waals surface area contributed by atoms with Crippen LogP contribution in [0.5, 0.6) is 11.5 Å². The van der Waals surface area contributed by atoms with Crippen molar-refractivity contribution in [2.75, 3.05) is 26.2 Å². The predicted octanol–water partition coefficient (Wildman–Crippen LogP) is 1.65. The van der Waals surface area contributed by atoms with E-state index in [0.29, 0.717) is 24.7 Å². The molecule has 1 aliphatic heterocycles. The van der Waals surface area contributed by atoms with Gasteiger partial charge in [-0.2, -0.15) is 0 Å². The minimum absolute atomic E-state index is 0.0911. The number of hydrogen-bond acceptors (Lipinski definition) is 4. The summed E-state index contributed by atoms with van der Waals surface area (Å²) in [6.45, 7) is 7.46. The quantitative estimate of drug-likeness (QED) is 0.882. The molecule has 0 spiro atoms. The second-order valence-corrected chi connectivity index (χ2v) is 5.32. The Balaban J connectivity index is 2.01. The smallest absolute Gasteiger partial charge is 0.254 e. The van der Waals surface area contributed by atoms with Crippen molar-refractivity contribution in [3.8, 4) is 11.5 Å². The lowest BCUT2D eigenvalue weighted by atomic mass is 10.1. The van der Waals surface area contributed by atoms with Gasteiger partial charge in [0.05, 0.1) is 0 Å². The van der Waals surface area contributed by atoms with E-state index in [1.807, 2.05) is 0 Å². The molecule has 1 heterocycles. The molecule has 1 fully saturated rings. The van der Waals surface area contributed by atoms with Crippen molar-refractivity contribution < 1.29 is 15.0 Å². The van der Waals surface area contributed by atoms with Crippen LogP contribution in [0.1, 0.15) is 30.6 Å². The number of piperazine rings is 1. The standard InChI is InChI=1S/C15H22N2O3/c1-3-11(2)16-4-6-17(7-5-16)15(20)12-8-13(18)10-14(19)9-12/h8-11,18-19H,3-7H2,1-2H3. The van der Waals surface area contributed by atoms with Gasteiger partial charge in [0.1, 0.15) is 11.5 Å². The molecular formula is C15H22N2O3. The van der Waals surface area contributed by atoms with Crippen LogP contribution in [0.15, 0.2) is 18.2 Å². The van der Waals surface area contributed by atoms with E-state index in [9.17, 15) is 15.0 Å². The number of carbonyl (C=O) groups is 1. The van der Waals surface area contributed by atoms with Crippen molar-refractivity contribution >= 4 is 5.91 Å². The largest absolute Gasteiger partial charge is 0.508 e. The van der Waals surface area contributed by atoms with Crippen LogP contribution in [0.25, 0.3) is 0 Å². The maximum atomic E-state index is 12.3. The maximum absolute atomic E-state index is 12.3. The summed E-state index contributed by atoms with van der Waals surface area (Å²) in [5.74, 6) is -0.321. The number of carbonyl (C=O) groups excluding carboxylic acids is 1. The Bertz CT molecular complexity index is 462. The fraction of sp³-hybridized carbons (Fsp3) is 0.533. The summed E-state index contributed by atoms with van der Waals surface area (Å²) in [4.78, 5) is 16.5. The monoisotopic (exact) mass is 278 g/mol. The molecule has 0 aromatic heterocycles. The molecule has 5 heteroatoms. The average molecular weight is 278 g/mol. The fourth-order valence-electron chi connectivity index (χ4n) is 2.53. The molecule has 1 unspecified atom stereocenters. The number of nitrogens with zero attached hydrogens (tertiary/aromatic N) is 2. The molecule has 2 rings (SSSR count). The minimum atomic E-state index is -0.139. The van der Waals surface area contributed by atoms with Crippen molar-refractivity contribution in [3.05, 3.63) is 23.8 Å². The molecule has 20 heavy (non-hydrogen) atoms. The van der Waals surface area contributed by atoms with E-state index in [4.69, 9.17) is 0 Å². The summed E-state index contributed by atoms with van der Waals surface area (Å²) in [6, 6.07) is 4.54. The van der Waals surface area contributed by atoms with Crippen molar-refractivity contribution in [3.63, 3.8) is 0 Å². The first-order valence-electron chi connectivity index (χ1n) is 7.07. The normalized spacial score (nSPS) is 18.0. The molecule has 1 aromatic rings. The van der Waals surface area contributed by atoms with Crippen LogP contribution in [-0.4, -0.2) is 58.1 Å². The van der Waals surface area contributed by atoms with Crippen molar-refractivity contribution in [2.45, 2.75) is 26.3 Å². The van der Waals surface area contributed by atoms with Crippen LogP contribution < -0.4 is 0 Å². The average Bonchev–Trinajstić information content (AvgIpc) is 2.45.